The van der Waals surface area contributed by atoms with Gasteiger partial charge in [0.05, 0.1) is 14.2 Å². The molecule has 0 radical (unpaired) electrons. The molecular formula is C15H16O5. The molecule has 0 unspecified atom stereocenters. The molecule has 0 aliphatic carbocycles. The Morgan fingerprint density at radius 1 is 0.800 bits per heavy atom. The first-order valence-corrected chi connectivity index (χ1v) is 5.98. The van der Waals surface area contributed by atoms with E-state index in [0.29, 0.717) is 11.5 Å². The van der Waals surface area contributed by atoms with Crippen LogP contribution in [0.1, 0.15) is 17.2 Å². The zero-order valence-corrected chi connectivity index (χ0v) is 11.2. The van der Waals surface area contributed by atoms with Gasteiger partial charge in [0.1, 0.15) is 29.1 Å². The van der Waals surface area contributed by atoms with Crippen molar-refractivity contribution in [2.45, 2.75) is 6.10 Å². The Hall–Kier alpha value is -2.40. The lowest BCUT2D eigenvalue weighted by molar-refractivity contribution is 0.210. The van der Waals surface area contributed by atoms with E-state index in [-0.39, 0.29) is 22.6 Å². The molecule has 0 bridgehead atoms. The summed E-state index contributed by atoms with van der Waals surface area (Å²) in [6.07, 6.45) is -1.15. The Balaban J connectivity index is 2.38. The first kappa shape index (κ1) is 14.0. The summed E-state index contributed by atoms with van der Waals surface area (Å²) in [7, 11) is 2.97. The highest BCUT2D eigenvalue weighted by Crippen LogP contribution is 2.36. The Labute approximate surface area is 116 Å². The highest BCUT2D eigenvalue weighted by molar-refractivity contribution is 5.49. The normalized spacial score (nSPS) is 10.6. The second kappa shape index (κ2) is 5.71. The van der Waals surface area contributed by atoms with E-state index in [0.717, 1.165) is 0 Å². The SMILES string of the molecule is COc1ccc(C(O)c2ccc(OC)cc2O)c(O)c1. The average molecular weight is 276 g/mol. The molecule has 3 N–H and O–H groups in total. The van der Waals surface area contributed by atoms with Crippen LogP contribution >= 0.6 is 0 Å². The van der Waals surface area contributed by atoms with Crippen LogP contribution in [0.2, 0.25) is 0 Å². The standard InChI is InChI=1S/C15H16O5/c1-19-9-3-5-11(13(16)7-9)15(18)12-6-4-10(20-2)8-14(12)17/h3-8,15-18H,1-2H3. The van der Waals surface area contributed by atoms with Crippen LogP contribution < -0.4 is 9.47 Å². The monoisotopic (exact) mass is 276 g/mol. The fourth-order valence-electron chi connectivity index (χ4n) is 1.93. The smallest absolute Gasteiger partial charge is 0.125 e. The van der Waals surface area contributed by atoms with Crippen LogP contribution in [-0.2, 0) is 0 Å². The van der Waals surface area contributed by atoms with Gasteiger partial charge in [-0.1, -0.05) is 0 Å². The number of rotatable bonds is 4. The molecule has 0 fully saturated rings. The topological polar surface area (TPSA) is 79.2 Å². The van der Waals surface area contributed by atoms with Crippen molar-refractivity contribution >= 4 is 0 Å². The zero-order chi connectivity index (χ0) is 14.7. The van der Waals surface area contributed by atoms with Gasteiger partial charge in [-0.25, -0.2) is 0 Å². The van der Waals surface area contributed by atoms with E-state index in [1.165, 1.54) is 26.4 Å². The van der Waals surface area contributed by atoms with Gasteiger partial charge in [0.25, 0.3) is 0 Å². The van der Waals surface area contributed by atoms with Gasteiger partial charge in [-0.05, 0) is 24.3 Å². The number of methoxy groups -OCH3 is 2. The Kier molecular flexibility index (Phi) is 4.00. The van der Waals surface area contributed by atoms with Crippen molar-refractivity contribution in [2.75, 3.05) is 14.2 Å². The van der Waals surface area contributed by atoms with Gasteiger partial charge in [-0.3, -0.25) is 0 Å². The predicted molar refractivity (Wildman–Crippen MR) is 73.4 cm³/mol. The number of benzene rings is 2. The highest BCUT2D eigenvalue weighted by Gasteiger charge is 2.18. The highest BCUT2D eigenvalue weighted by atomic mass is 16.5. The van der Waals surface area contributed by atoms with Crippen LogP contribution in [0.15, 0.2) is 36.4 Å². The number of hydrogen-bond donors (Lipinski definition) is 3. The molecule has 2 aromatic carbocycles. The molecule has 0 aliphatic rings. The third-order valence-electron chi connectivity index (χ3n) is 3.06. The van der Waals surface area contributed by atoms with Gasteiger partial charge in [0.2, 0.25) is 0 Å². The summed E-state index contributed by atoms with van der Waals surface area (Å²) in [4.78, 5) is 0. The van der Waals surface area contributed by atoms with Crippen molar-refractivity contribution in [2.24, 2.45) is 0 Å². The van der Waals surface area contributed by atoms with Crippen LogP contribution in [0.5, 0.6) is 23.0 Å². The van der Waals surface area contributed by atoms with Gasteiger partial charge in [0, 0.05) is 23.3 Å². The lowest BCUT2D eigenvalue weighted by Gasteiger charge is -2.15. The third-order valence-corrected chi connectivity index (χ3v) is 3.06. The van der Waals surface area contributed by atoms with Gasteiger partial charge in [0.15, 0.2) is 0 Å². The molecule has 0 aliphatic heterocycles. The van der Waals surface area contributed by atoms with E-state index >= 15 is 0 Å². The van der Waals surface area contributed by atoms with Crippen molar-refractivity contribution in [3.8, 4) is 23.0 Å². The average Bonchev–Trinajstić information content (AvgIpc) is 2.46. The molecule has 0 saturated carbocycles. The number of phenols is 2. The molecule has 5 heteroatoms. The van der Waals surface area contributed by atoms with Crippen molar-refractivity contribution in [1.82, 2.24) is 0 Å². The maximum Gasteiger partial charge on any atom is 0.125 e. The fourth-order valence-corrected chi connectivity index (χ4v) is 1.93. The van der Waals surface area contributed by atoms with Crippen LogP contribution in [0.4, 0.5) is 0 Å². The number of phenolic OH excluding ortho intramolecular Hbond substituents is 2. The van der Waals surface area contributed by atoms with Crippen LogP contribution in [0.3, 0.4) is 0 Å². The first-order chi connectivity index (χ1) is 9.56. The van der Waals surface area contributed by atoms with Gasteiger partial charge < -0.3 is 24.8 Å². The Bertz CT molecular complexity index is 556. The van der Waals surface area contributed by atoms with E-state index in [1.807, 2.05) is 0 Å². The molecule has 0 amide bonds. The Morgan fingerprint density at radius 3 is 1.50 bits per heavy atom. The maximum absolute atomic E-state index is 10.3. The second-order valence-corrected chi connectivity index (χ2v) is 4.25. The number of aromatic hydroxyl groups is 2. The van der Waals surface area contributed by atoms with Gasteiger partial charge in [-0.15, -0.1) is 0 Å². The zero-order valence-electron chi connectivity index (χ0n) is 11.2. The molecule has 0 spiro atoms. The summed E-state index contributed by atoms with van der Waals surface area (Å²) in [5, 5.41) is 30.1. The lowest BCUT2D eigenvalue weighted by Crippen LogP contribution is -2.01. The quantitative estimate of drug-likeness (QED) is 0.797. The maximum atomic E-state index is 10.3. The molecular weight excluding hydrogens is 260 g/mol. The fraction of sp³-hybridized carbons (Fsp3) is 0.200. The molecule has 5 nitrogen and oxygen atoms in total. The first-order valence-electron chi connectivity index (χ1n) is 5.98. The van der Waals surface area contributed by atoms with Crippen molar-refractivity contribution in [3.63, 3.8) is 0 Å². The van der Waals surface area contributed by atoms with Gasteiger partial charge >= 0.3 is 0 Å². The number of hydrogen-bond acceptors (Lipinski definition) is 5. The van der Waals surface area contributed by atoms with Gasteiger partial charge in [-0.2, -0.15) is 0 Å². The van der Waals surface area contributed by atoms with E-state index < -0.39 is 6.10 Å². The predicted octanol–water partition coefficient (Wildman–Crippen LogP) is 2.20. The number of aliphatic hydroxyl groups is 1. The summed E-state index contributed by atoms with van der Waals surface area (Å²) in [5.74, 6) is 0.758. The summed E-state index contributed by atoms with van der Waals surface area (Å²) < 4.78 is 9.96. The summed E-state index contributed by atoms with van der Waals surface area (Å²) >= 11 is 0. The number of aliphatic hydroxyl groups excluding tert-OH is 1. The molecule has 0 heterocycles. The largest absolute Gasteiger partial charge is 0.507 e. The summed E-state index contributed by atoms with van der Waals surface area (Å²) in [5.41, 5.74) is 0.567. The molecule has 0 atom stereocenters. The summed E-state index contributed by atoms with van der Waals surface area (Å²) in [6, 6.07) is 9.14. The van der Waals surface area contributed by atoms with Crippen LogP contribution in [0.25, 0.3) is 0 Å². The van der Waals surface area contributed by atoms with E-state index in [2.05, 4.69) is 0 Å². The van der Waals surface area contributed by atoms with Crippen molar-refractivity contribution < 1.29 is 24.8 Å². The minimum Gasteiger partial charge on any atom is -0.507 e. The lowest BCUT2D eigenvalue weighted by atomic mass is 9.99. The molecule has 0 aromatic heterocycles. The van der Waals surface area contributed by atoms with E-state index in [1.54, 1.807) is 24.3 Å². The van der Waals surface area contributed by atoms with E-state index in [9.17, 15) is 15.3 Å². The molecule has 0 saturated heterocycles. The van der Waals surface area contributed by atoms with Crippen LogP contribution in [0, 0.1) is 0 Å². The molecule has 2 rings (SSSR count). The minimum atomic E-state index is -1.15. The third kappa shape index (κ3) is 2.62. The molecule has 20 heavy (non-hydrogen) atoms. The summed E-state index contributed by atoms with van der Waals surface area (Å²) in [6.45, 7) is 0. The van der Waals surface area contributed by atoms with Crippen molar-refractivity contribution in [3.05, 3.63) is 47.5 Å². The minimum absolute atomic E-state index is 0.105. The molecule has 106 valence electrons. The van der Waals surface area contributed by atoms with Crippen molar-refractivity contribution in [1.29, 1.82) is 0 Å². The number of ether oxygens (including phenoxy) is 2. The van der Waals surface area contributed by atoms with E-state index in [4.69, 9.17) is 9.47 Å². The second-order valence-electron chi connectivity index (χ2n) is 4.25. The Morgan fingerprint density at radius 2 is 1.20 bits per heavy atom. The van der Waals surface area contributed by atoms with Crippen LogP contribution in [-0.4, -0.2) is 29.5 Å². The molecule has 2 aromatic rings.